The van der Waals surface area contributed by atoms with Crippen molar-refractivity contribution in [3.05, 3.63) is 65.7 Å². The van der Waals surface area contributed by atoms with Crippen LogP contribution < -0.4 is 19.5 Å². The van der Waals surface area contributed by atoms with Crippen LogP contribution in [0.25, 0.3) is 11.1 Å². The molecule has 170 valence electrons. The number of hydrogen-bond acceptors (Lipinski definition) is 6. The highest BCUT2D eigenvalue weighted by Crippen LogP contribution is 2.35. The number of halogens is 1. The van der Waals surface area contributed by atoms with E-state index in [4.69, 9.17) is 14.2 Å². The first kappa shape index (κ1) is 21.2. The van der Waals surface area contributed by atoms with E-state index in [2.05, 4.69) is 15.3 Å². The van der Waals surface area contributed by atoms with Gasteiger partial charge in [-0.15, -0.1) is 0 Å². The highest BCUT2D eigenvalue weighted by atomic mass is 19.1. The van der Waals surface area contributed by atoms with Crippen LogP contribution in [0.15, 0.2) is 48.8 Å². The topological polar surface area (TPSA) is 82.6 Å². The third kappa shape index (κ3) is 4.46. The Morgan fingerprint density at radius 1 is 1.18 bits per heavy atom. The predicted octanol–water partition coefficient (Wildman–Crippen LogP) is 3.96. The number of hydrogen-bond donors (Lipinski definition) is 1. The molecule has 33 heavy (non-hydrogen) atoms. The highest BCUT2D eigenvalue weighted by molar-refractivity contribution is 5.94. The molecule has 2 aliphatic rings. The molecule has 3 heterocycles. The average molecular weight is 449 g/mol. The fraction of sp³-hybridized carbons (Fsp3) is 0.320. The van der Waals surface area contributed by atoms with Crippen molar-refractivity contribution in [3.8, 4) is 28.6 Å². The first-order chi connectivity index (χ1) is 16.1. The van der Waals surface area contributed by atoms with Crippen LogP contribution in [0.4, 0.5) is 4.39 Å². The molecule has 0 bridgehead atoms. The van der Waals surface area contributed by atoms with E-state index in [0.29, 0.717) is 35.8 Å². The van der Waals surface area contributed by atoms with Gasteiger partial charge in [-0.3, -0.25) is 4.79 Å². The standard InChI is InChI=1S/C25H24FN3O4/c1-31-25-21(26)10-16(13-28-25)19-6-3-7-22-20(19)11-17(14-32-22)29-24(30)15-8-9-23(27-12-15)33-18-4-2-5-18/h3,6-10,12-13,17-18H,2,4-5,11,14H2,1H3,(H,29,30)/t17-/m0/s1. The van der Waals surface area contributed by atoms with E-state index in [1.54, 1.807) is 18.3 Å². The Morgan fingerprint density at radius 3 is 2.76 bits per heavy atom. The molecule has 8 heteroatoms. The summed E-state index contributed by atoms with van der Waals surface area (Å²) in [7, 11) is 1.38. The molecule has 5 rings (SSSR count). The molecule has 0 saturated heterocycles. The monoisotopic (exact) mass is 449 g/mol. The van der Waals surface area contributed by atoms with Crippen LogP contribution in [0.3, 0.4) is 0 Å². The van der Waals surface area contributed by atoms with Gasteiger partial charge in [-0.1, -0.05) is 12.1 Å². The molecule has 0 unspecified atom stereocenters. The maximum Gasteiger partial charge on any atom is 0.253 e. The SMILES string of the molecule is COc1ncc(-c2cccc3c2C[C@H](NC(=O)c2ccc(OC4CCC4)nc2)CO3)cc1F. The molecule has 1 N–H and O–H groups in total. The van der Waals surface area contributed by atoms with E-state index >= 15 is 0 Å². The predicted molar refractivity (Wildman–Crippen MR) is 119 cm³/mol. The van der Waals surface area contributed by atoms with Gasteiger partial charge in [0.25, 0.3) is 5.91 Å². The Morgan fingerprint density at radius 2 is 2.06 bits per heavy atom. The summed E-state index contributed by atoms with van der Waals surface area (Å²) in [6, 6.07) is 10.2. The van der Waals surface area contributed by atoms with E-state index in [1.807, 2.05) is 18.2 Å². The number of amides is 1. The second kappa shape index (κ2) is 9.05. The van der Waals surface area contributed by atoms with Crippen molar-refractivity contribution in [2.24, 2.45) is 0 Å². The summed E-state index contributed by atoms with van der Waals surface area (Å²) in [5.41, 5.74) is 2.77. The largest absolute Gasteiger partial charge is 0.491 e. The number of benzene rings is 1. The molecule has 0 radical (unpaired) electrons. The quantitative estimate of drug-likeness (QED) is 0.614. The fourth-order valence-corrected chi connectivity index (χ4v) is 4.01. The van der Waals surface area contributed by atoms with Gasteiger partial charge in [0.2, 0.25) is 11.8 Å². The molecular weight excluding hydrogens is 425 g/mol. The maximum absolute atomic E-state index is 14.2. The molecule has 1 fully saturated rings. The minimum atomic E-state index is -0.536. The zero-order chi connectivity index (χ0) is 22.8. The van der Waals surface area contributed by atoms with Crippen molar-refractivity contribution >= 4 is 5.91 Å². The van der Waals surface area contributed by atoms with Gasteiger partial charge in [-0.2, -0.15) is 0 Å². The van der Waals surface area contributed by atoms with Crippen molar-refractivity contribution in [1.29, 1.82) is 0 Å². The smallest absolute Gasteiger partial charge is 0.253 e. The summed E-state index contributed by atoms with van der Waals surface area (Å²) in [5.74, 6) is 0.433. The van der Waals surface area contributed by atoms with Crippen molar-refractivity contribution < 1.29 is 23.4 Å². The Labute approximate surface area is 190 Å². The van der Waals surface area contributed by atoms with Gasteiger partial charge in [0.1, 0.15) is 18.5 Å². The lowest BCUT2D eigenvalue weighted by atomic mass is 9.93. The number of methoxy groups -OCH3 is 1. The normalized spacial score (nSPS) is 17.3. The maximum atomic E-state index is 14.2. The fourth-order valence-electron chi connectivity index (χ4n) is 4.01. The molecule has 7 nitrogen and oxygen atoms in total. The summed E-state index contributed by atoms with van der Waals surface area (Å²) in [6.45, 7) is 0.341. The molecule has 2 aromatic heterocycles. The van der Waals surface area contributed by atoms with Crippen LogP contribution in [0.2, 0.25) is 0 Å². The second-order valence-corrected chi connectivity index (χ2v) is 8.24. The van der Waals surface area contributed by atoms with Gasteiger partial charge in [-0.05, 0) is 43.0 Å². The van der Waals surface area contributed by atoms with Gasteiger partial charge in [0.15, 0.2) is 5.82 Å². The Bertz CT molecular complexity index is 1160. The number of carbonyl (C=O) groups is 1. The number of nitrogens with one attached hydrogen (secondary N) is 1. The molecule has 1 saturated carbocycles. The van der Waals surface area contributed by atoms with Crippen LogP contribution in [-0.4, -0.2) is 41.7 Å². The first-order valence-corrected chi connectivity index (χ1v) is 11.0. The van der Waals surface area contributed by atoms with E-state index in [0.717, 1.165) is 24.0 Å². The summed E-state index contributed by atoms with van der Waals surface area (Å²) >= 11 is 0. The van der Waals surface area contributed by atoms with Gasteiger partial charge in [0.05, 0.1) is 18.7 Å². The van der Waals surface area contributed by atoms with E-state index in [1.165, 1.54) is 25.8 Å². The number of ether oxygens (including phenoxy) is 3. The highest BCUT2D eigenvalue weighted by Gasteiger charge is 2.25. The summed E-state index contributed by atoms with van der Waals surface area (Å²) in [5, 5.41) is 3.01. The lowest BCUT2D eigenvalue weighted by molar-refractivity contribution is 0.0914. The van der Waals surface area contributed by atoms with Crippen LogP contribution in [0.1, 0.15) is 35.2 Å². The van der Waals surface area contributed by atoms with Crippen molar-refractivity contribution in [3.63, 3.8) is 0 Å². The first-order valence-electron chi connectivity index (χ1n) is 11.0. The van der Waals surface area contributed by atoms with Crippen LogP contribution >= 0.6 is 0 Å². The zero-order valence-corrected chi connectivity index (χ0v) is 18.2. The summed E-state index contributed by atoms with van der Waals surface area (Å²) < 4.78 is 30.8. The molecule has 1 aliphatic heterocycles. The third-order valence-corrected chi connectivity index (χ3v) is 6.01. The van der Waals surface area contributed by atoms with Crippen molar-refractivity contribution in [2.45, 2.75) is 37.8 Å². The van der Waals surface area contributed by atoms with Crippen molar-refractivity contribution in [1.82, 2.24) is 15.3 Å². The number of rotatable bonds is 6. The Kier molecular flexibility index (Phi) is 5.81. The number of nitrogens with zero attached hydrogens (tertiary/aromatic N) is 2. The van der Waals surface area contributed by atoms with Gasteiger partial charge < -0.3 is 19.5 Å². The molecule has 3 aromatic rings. The lowest BCUT2D eigenvalue weighted by Crippen LogP contribution is -2.42. The molecule has 1 amide bonds. The van der Waals surface area contributed by atoms with Crippen molar-refractivity contribution in [2.75, 3.05) is 13.7 Å². The number of aromatic nitrogens is 2. The van der Waals surface area contributed by atoms with Crippen LogP contribution in [-0.2, 0) is 6.42 Å². The van der Waals surface area contributed by atoms with E-state index in [9.17, 15) is 9.18 Å². The number of fused-ring (bicyclic) bond motifs is 1. The van der Waals surface area contributed by atoms with E-state index < -0.39 is 5.82 Å². The average Bonchev–Trinajstić information content (AvgIpc) is 2.81. The van der Waals surface area contributed by atoms with Gasteiger partial charge >= 0.3 is 0 Å². The van der Waals surface area contributed by atoms with Crippen LogP contribution in [0, 0.1) is 5.82 Å². The summed E-state index contributed by atoms with van der Waals surface area (Å²) in [6.07, 6.45) is 7.16. The molecular formula is C25H24FN3O4. The molecule has 1 aromatic carbocycles. The Balaban J connectivity index is 1.29. The second-order valence-electron chi connectivity index (χ2n) is 8.24. The molecule has 1 aliphatic carbocycles. The zero-order valence-electron chi connectivity index (χ0n) is 18.2. The third-order valence-electron chi connectivity index (χ3n) is 6.01. The van der Waals surface area contributed by atoms with Crippen LogP contribution in [0.5, 0.6) is 17.5 Å². The van der Waals surface area contributed by atoms with Gasteiger partial charge in [0, 0.05) is 36.0 Å². The summed E-state index contributed by atoms with van der Waals surface area (Å²) in [4.78, 5) is 21.1. The minimum absolute atomic E-state index is 0.0531. The van der Waals surface area contributed by atoms with E-state index in [-0.39, 0.29) is 23.9 Å². The lowest BCUT2D eigenvalue weighted by Gasteiger charge is -2.28. The number of carbonyl (C=O) groups excluding carboxylic acids is 1. The number of pyridine rings is 2. The molecule has 0 spiro atoms. The minimum Gasteiger partial charge on any atom is -0.491 e. The Hall–Kier alpha value is -3.68. The van der Waals surface area contributed by atoms with Gasteiger partial charge in [-0.25, -0.2) is 14.4 Å². The molecule has 1 atom stereocenters.